The average molecular weight is 408 g/mol. The van der Waals surface area contributed by atoms with E-state index in [1.165, 1.54) is 0 Å². The second-order valence-electron chi connectivity index (χ2n) is 7.02. The van der Waals surface area contributed by atoms with E-state index in [1.54, 1.807) is 19.4 Å². The van der Waals surface area contributed by atoms with Gasteiger partial charge in [-0.2, -0.15) is 5.10 Å². The number of methoxy groups -OCH3 is 1. The minimum Gasteiger partial charge on any atom is -0.497 e. The minimum absolute atomic E-state index is 0.209. The highest BCUT2D eigenvalue weighted by molar-refractivity contribution is 6.05. The predicted octanol–water partition coefficient (Wildman–Crippen LogP) is 4.93. The van der Waals surface area contributed by atoms with Gasteiger partial charge in [0.1, 0.15) is 11.5 Å². The summed E-state index contributed by atoms with van der Waals surface area (Å²) in [6, 6.07) is 15.5. The summed E-state index contributed by atoms with van der Waals surface area (Å²) >= 11 is 0. The Labute approximate surface area is 177 Å². The molecule has 158 valence electrons. The van der Waals surface area contributed by atoms with Crippen molar-refractivity contribution in [3.63, 3.8) is 0 Å². The molecule has 1 amide bonds. The molecular formula is C24H29N3O3. The van der Waals surface area contributed by atoms with E-state index in [4.69, 9.17) is 9.47 Å². The zero-order valence-electron chi connectivity index (χ0n) is 17.9. The molecule has 0 aliphatic heterocycles. The standard InChI is InChI=1S/C24H29N3O3/c1-4-6-14-30-23-13-12-19(29-3)15-21(23)26-24(28)20-16-25-27(22(20)5-2)17-18-10-8-7-9-11-18/h7-13,15-16H,4-6,14,17H2,1-3H3,(H,26,28). The fourth-order valence-electron chi connectivity index (χ4n) is 3.24. The number of carbonyl (C=O) groups is 1. The van der Waals surface area contributed by atoms with Gasteiger partial charge in [0.2, 0.25) is 0 Å². The maximum Gasteiger partial charge on any atom is 0.259 e. The van der Waals surface area contributed by atoms with Gasteiger partial charge in [-0.25, -0.2) is 0 Å². The highest BCUT2D eigenvalue weighted by atomic mass is 16.5. The van der Waals surface area contributed by atoms with E-state index in [1.807, 2.05) is 41.9 Å². The zero-order valence-corrected chi connectivity index (χ0v) is 17.9. The van der Waals surface area contributed by atoms with Gasteiger partial charge < -0.3 is 14.8 Å². The van der Waals surface area contributed by atoms with E-state index in [0.29, 0.717) is 42.3 Å². The summed E-state index contributed by atoms with van der Waals surface area (Å²) in [6.07, 6.45) is 4.33. The summed E-state index contributed by atoms with van der Waals surface area (Å²) in [7, 11) is 1.60. The Kier molecular flexibility index (Phi) is 7.49. The van der Waals surface area contributed by atoms with Crippen LogP contribution in [0.25, 0.3) is 0 Å². The largest absolute Gasteiger partial charge is 0.497 e. The Morgan fingerprint density at radius 3 is 2.63 bits per heavy atom. The van der Waals surface area contributed by atoms with Crippen LogP contribution >= 0.6 is 0 Å². The first-order chi connectivity index (χ1) is 14.7. The number of hydrogen-bond acceptors (Lipinski definition) is 4. The molecule has 0 radical (unpaired) electrons. The molecule has 0 bridgehead atoms. The topological polar surface area (TPSA) is 65.4 Å². The number of ether oxygens (including phenoxy) is 2. The van der Waals surface area contributed by atoms with Crippen molar-refractivity contribution in [2.45, 2.75) is 39.7 Å². The van der Waals surface area contributed by atoms with Crippen LogP contribution in [0.15, 0.2) is 54.7 Å². The molecule has 2 aromatic carbocycles. The zero-order chi connectivity index (χ0) is 21.3. The van der Waals surface area contributed by atoms with Gasteiger partial charge in [0, 0.05) is 6.07 Å². The van der Waals surface area contributed by atoms with Crippen LogP contribution in [0, 0.1) is 0 Å². The van der Waals surface area contributed by atoms with E-state index in [0.717, 1.165) is 24.1 Å². The monoisotopic (exact) mass is 407 g/mol. The SMILES string of the molecule is CCCCOc1ccc(OC)cc1NC(=O)c1cnn(Cc2ccccc2)c1CC. The fourth-order valence-corrected chi connectivity index (χ4v) is 3.24. The van der Waals surface area contributed by atoms with Gasteiger partial charge in [-0.15, -0.1) is 0 Å². The highest BCUT2D eigenvalue weighted by Gasteiger charge is 2.18. The number of nitrogens with one attached hydrogen (secondary N) is 1. The van der Waals surface area contributed by atoms with E-state index in [9.17, 15) is 4.79 Å². The number of nitrogens with zero attached hydrogens (tertiary/aromatic N) is 2. The van der Waals surface area contributed by atoms with Crippen LogP contribution in [0.5, 0.6) is 11.5 Å². The van der Waals surface area contributed by atoms with Crippen LogP contribution in [-0.2, 0) is 13.0 Å². The third-order valence-electron chi connectivity index (χ3n) is 4.89. The van der Waals surface area contributed by atoms with Crippen molar-refractivity contribution in [2.75, 3.05) is 19.0 Å². The van der Waals surface area contributed by atoms with Crippen molar-refractivity contribution in [3.8, 4) is 11.5 Å². The summed E-state index contributed by atoms with van der Waals surface area (Å²) in [5.41, 5.74) is 3.19. The van der Waals surface area contributed by atoms with E-state index < -0.39 is 0 Å². The molecule has 6 nitrogen and oxygen atoms in total. The first kappa shape index (κ1) is 21.4. The van der Waals surface area contributed by atoms with Crippen LogP contribution in [0.1, 0.15) is 48.3 Å². The lowest BCUT2D eigenvalue weighted by Gasteiger charge is -2.14. The number of benzene rings is 2. The lowest BCUT2D eigenvalue weighted by Crippen LogP contribution is -2.16. The summed E-state index contributed by atoms with van der Waals surface area (Å²) in [6.45, 7) is 5.36. The number of carbonyl (C=O) groups excluding carboxylic acids is 1. The second-order valence-corrected chi connectivity index (χ2v) is 7.02. The van der Waals surface area contributed by atoms with Crippen LogP contribution in [0.2, 0.25) is 0 Å². The molecule has 1 aromatic heterocycles. The average Bonchev–Trinajstić information content (AvgIpc) is 3.18. The van der Waals surface area contributed by atoms with Crippen LogP contribution in [0.4, 0.5) is 5.69 Å². The molecule has 0 spiro atoms. The molecule has 1 N–H and O–H groups in total. The Bertz CT molecular complexity index is 967. The van der Waals surface area contributed by atoms with Crippen LogP contribution in [-0.4, -0.2) is 29.4 Å². The van der Waals surface area contributed by atoms with Crippen molar-refractivity contribution < 1.29 is 14.3 Å². The third kappa shape index (κ3) is 5.20. The first-order valence-corrected chi connectivity index (χ1v) is 10.4. The number of hydrogen-bond donors (Lipinski definition) is 1. The molecule has 3 rings (SSSR count). The van der Waals surface area contributed by atoms with E-state index in [2.05, 4.69) is 29.5 Å². The lowest BCUT2D eigenvalue weighted by molar-refractivity contribution is 0.102. The molecule has 0 unspecified atom stereocenters. The van der Waals surface area contributed by atoms with Crippen LogP contribution < -0.4 is 14.8 Å². The fraction of sp³-hybridized carbons (Fsp3) is 0.333. The molecule has 0 saturated heterocycles. The Morgan fingerprint density at radius 1 is 1.13 bits per heavy atom. The number of unbranched alkanes of at least 4 members (excludes halogenated alkanes) is 1. The molecule has 3 aromatic rings. The molecule has 0 fully saturated rings. The Hall–Kier alpha value is -3.28. The van der Waals surface area contributed by atoms with Gasteiger partial charge in [0.05, 0.1) is 43.4 Å². The van der Waals surface area contributed by atoms with Crippen molar-refractivity contribution in [3.05, 3.63) is 71.5 Å². The number of aromatic nitrogens is 2. The summed E-state index contributed by atoms with van der Waals surface area (Å²) < 4.78 is 13.1. The summed E-state index contributed by atoms with van der Waals surface area (Å²) in [4.78, 5) is 13.1. The van der Waals surface area contributed by atoms with Crippen molar-refractivity contribution >= 4 is 11.6 Å². The molecule has 0 aliphatic carbocycles. The van der Waals surface area contributed by atoms with Gasteiger partial charge in [0.15, 0.2) is 0 Å². The third-order valence-corrected chi connectivity index (χ3v) is 4.89. The number of amides is 1. The molecule has 30 heavy (non-hydrogen) atoms. The van der Waals surface area contributed by atoms with E-state index >= 15 is 0 Å². The minimum atomic E-state index is -0.209. The van der Waals surface area contributed by atoms with Crippen molar-refractivity contribution in [1.29, 1.82) is 0 Å². The van der Waals surface area contributed by atoms with Gasteiger partial charge >= 0.3 is 0 Å². The lowest BCUT2D eigenvalue weighted by atomic mass is 10.1. The molecule has 0 saturated carbocycles. The van der Waals surface area contributed by atoms with Gasteiger partial charge in [-0.3, -0.25) is 9.48 Å². The van der Waals surface area contributed by atoms with Gasteiger partial charge in [0.25, 0.3) is 5.91 Å². The normalized spacial score (nSPS) is 10.6. The quantitative estimate of drug-likeness (QED) is 0.484. The van der Waals surface area contributed by atoms with Crippen molar-refractivity contribution in [1.82, 2.24) is 9.78 Å². The Morgan fingerprint density at radius 2 is 1.93 bits per heavy atom. The number of anilines is 1. The molecular weight excluding hydrogens is 378 g/mol. The highest BCUT2D eigenvalue weighted by Crippen LogP contribution is 2.30. The molecule has 1 heterocycles. The van der Waals surface area contributed by atoms with Crippen LogP contribution in [0.3, 0.4) is 0 Å². The first-order valence-electron chi connectivity index (χ1n) is 10.4. The van der Waals surface area contributed by atoms with Gasteiger partial charge in [-0.1, -0.05) is 50.6 Å². The predicted molar refractivity (Wildman–Crippen MR) is 118 cm³/mol. The molecule has 6 heteroatoms. The maximum atomic E-state index is 13.1. The summed E-state index contributed by atoms with van der Waals surface area (Å²) in [5, 5.41) is 7.44. The van der Waals surface area contributed by atoms with Gasteiger partial charge in [-0.05, 0) is 30.5 Å². The smallest absolute Gasteiger partial charge is 0.259 e. The maximum absolute atomic E-state index is 13.1. The second kappa shape index (κ2) is 10.5. The number of rotatable bonds is 10. The molecule has 0 aliphatic rings. The summed E-state index contributed by atoms with van der Waals surface area (Å²) in [5.74, 6) is 1.08. The molecule has 0 atom stereocenters. The van der Waals surface area contributed by atoms with Crippen molar-refractivity contribution in [2.24, 2.45) is 0 Å². The Balaban J connectivity index is 1.82. The van der Waals surface area contributed by atoms with E-state index in [-0.39, 0.29) is 5.91 Å².